The first kappa shape index (κ1) is 20.5. The van der Waals surface area contributed by atoms with Crippen LogP contribution in [0.1, 0.15) is 18.1 Å². The molecule has 2 rings (SSSR count). The molecule has 26 heavy (non-hydrogen) atoms. The van der Waals surface area contributed by atoms with Crippen LogP contribution in [0.3, 0.4) is 0 Å². The van der Waals surface area contributed by atoms with E-state index < -0.39 is 16.3 Å². The van der Waals surface area contributed by atoms with Crippen LogP contribution in [0.5, 0.6) is 5.75 Å². The van der Waals surface area contributed by atoms with Crippen LogP contribution in [-0.4, -0.2) is 69.7 Å². The lowest BCUT2D eigenvalue weighted by Crippen LogP contribution is -2.53. The highest BCUT2D eigenvalue weighted by molar-refractivity contribution is 7.87. The van der Waals surface area contributed by atoms with Gasteiger partial charge in [0.25, 0.3) is 10.2 Å². The van der Waals surface area contributed by atoms with E-state index >= 15 is 0 Å². The first-order chi connectivity index (χ1) is 12.3. The lowest BCUT2D eigenvalue weighted by Gasteiger charge is -2.33. The van der Waals surface area contributed by atoms with Crippen LogP contribution in [0.15, 0.2) is 18.2 Å². The largest absolute Gasteiger partial charge is 0.492 e. The van der Waals surface area contributed by atoms with E-state index in [0.717, 1.165) is 16.9 Å². The maximum absolute atomic E-state index is 12.3. The minimum absolute atomic E-state index is 0.174. The van der Waals surface area contributed by atoms with Crippen LogP contribution in [0.4, 0.5) is 4.79 Å². The molecule has 0 atom stereocenters. The molecule has 8 nitrogen and oxygen atoms in total. The number of nitrogens with zero attached hydrogens (tertiary/aromatic N) is 2. The van der Waals surface area contributed by atoms with Crippen molar-refractivity contribution in [2.24, 2.45) is 0 Å². The number of amides is 1. The number of carbonyl (C=O) groups excluding carboxylic acids is 1. The highest BCUT2D eigenvalue weighted by Gasteiger charge is 2.28. The van der Waals surface area contributed by atoms with Crippen molar-refractivity contribution in [3.63, 3.8) is 0 Å². The van der Waals surface area contributed by atoms with Crippen molar-refractivity contribution in [2.45, 2.75) is 20.8 Å². The summed E-state index contributed by atoms with van der Waals surface area (Å²) < 4.78 is 39.1. The Hall–Kier alpha value is -1.84. The number of carbonyl (C=O) groups is 1. The molecule has 0 aromatic heterocycles. The molecular weight excluding hydrogens is 358 g/mol. The number of benzene rings is 1. The highest BCUT2D eigenvalue weighted by Crippen LogP contribution is 2.16. The minimum Gasteiger partial charge on any atom is -0.492 e. The van der Waals surface area contributed by atoms with Gasteiger partial charge in [-0.05, 0) is 44.0 Å². The van der Waals surface area contributed by atoms with E-state index in [2.05, 4.69) is 4.72 Å². The van der Waals surface area contributed by atoms with Gasteiger partial charge in [0.15, 0.2) is 0 Å². The molecular formula is C17H27N3O5S. The molecule has 0 spiro atoms. The van der Waals surface area contributed by atoms with Crippen molar-refractivity contribution in [1.29, 1.82) is 0 Å². The van der Waals surface area contributed by atoms with Crippen LogP contribution in [0.2, 0.25) is 0 Å². The van der Waals surface area contributed by atoms with Gasteiger partial charge in [0.05, 0.1) is 6.61 Å². The van der Waals surface area contributed by atoms with Crippen LogP contribution in [-0.2, 0) is 14.9 Å². The summed E-state index contributed by atoms with van der Waals surface area (Å²) in [6, 6.07) is 5.87. The third-order valence-corrected chi connectivity index (χ3v) is 5.57. The van der Waals surface area contributed by atoms with E-state index in [1.165, 1.54) is 9.21 Å². The second-order valence-electron chi connectivity index (χ2n) is 6.16. The summed E-state index contributed by atoms with van der Waals surface area (Å²) >= 11 is 0. The topological polar surface area (TPSA) is 88.2 Å². The third kappa shape index (κ3) is 5.86. The lowest BCUT2D eigenvalue weighted by atomic mass is 10.1. The van der Waals surface area contributed by atoms with Gasteiger partial charge < -0.3 is 14.4 Å². The molecule has 146 valence electrons. The Morgan fingerprint density at radius 1 is 1.12 bits per heavy atom. The molecule has 0 bridgehead atoms. The molecule has 1 amide bonds. The summed E-state index contributed by atoms with van der Waals surface area (Å²) in [5.41, 5.74) is 2.19. The van der Waals surface area contributed by atoms with Gasteiger partial charge in [-0.3, -0.25) is 0 Å². The van der Waals surface area contributed by atoms with Crippen LogP contribution in [0.25, 0.3) is 0 Å². The normalized spacial score (nSPS) is 15.7. The van der Waals surface area contributed by atoms with Gasteiger partial charge in [0.2, 0.25) is 0 Å². The molecule has 0 radical (unpaired) electrons. The highest BCUT2D eigenvalue weighted by atomic mass is 32.2. The summed E-state index contributed by atoms with van der Waals surface area (Å²) in [7, 11) is -3.59. The Balaban J connectivity index is 1.76. The number of nitrogens with one attached hydrogen (secondary N) is 1. The predicted octanol–water partition coefficient (Wildman–Crippen LogP) is 1.29. The molecule has 1 fully saturated rings. The zero-order valence-corrected chi connectivity index (χ0v) is 16.3. The smallest absolute Gasteiger partial charge is 0.409 e. The van der Waals surface area contributed by atoms with Gasteiger partial charge in [0, 0.05) is 32.7 Å². The second-order valence-corrected chi connectivity index (χ2v) is 7.91. The number of rotatable bonds is 7. The first-order valence-corrected chi connectivity index (χ1v) is 10.1. The minimum atomic E-state index is -3.59. The van der Waals surface area contributed by atoms with E-state index in [9.17, 15) is 13.2 Å². The summed E-state index contributed by atoms with van der Waals surface area (Å²) in [6.45, 7) is 7.55. The molecule has 9 heteroatoms. The average Bonchev–Trinajstić information content (AvgIpc) is 2.58. The average molecular weight is 385 g/mol. The fourth-order valence-corrected chi connectivity index (χ4v) is 3.94. The molecule has 1 aliphatic heterocycles. The van der Waals surface area contributed by atoms with Crippen molar-refractivity contribution in [3.8, 4) is 5.75 Å². The monoisotopic (exact) mass is 385 g/mol. The SMILES string of the molecule is CCOC(=O)N1CCN(S(=O)(=O)NCCOc2cc(C)cc(C)c2)CC1. The van der Waals surface area contributed by atoms with Crippen molar-refractivity contribution >= 4 is 16.3 Å². The Kier molecular flexibility index (Phi) is 7.24. The first-order valence-electron chi connectivity index (χ1n) is 8.69. The number of ether oxygens (including phenoxy) is 2. The van der Waals surface area contributed by atoms with Gasteiger partial charge in [-0.1, -0.05) is 6.07 Å². The fourth-order valence-electron chi connectivity index (χ4n) is 2.77. The molecule has 1 N–H and O–H groups in total. The quantitative estimate of drug-likeness (QED) is 0.715. The molecule has 0 saturated carbocycles. The second kappa shape index (κ2) is 9.20. The van der Waals surface area contributed by atoms with Gasteiger partial charge in [-0.2, -0.15) is 17.4 Å². The number of aryl methyl sites for hydroxylation is 2. The lowest BCUT2D eigenvalue weighted by molar-refractivity contribution is 0.0932. The van der Waals surface area contributed by atoms with E-state index in [1.807, 2.05) is 32.0 Å². The molecule has 1 aliphatic rings. The Labute approximate surface area is 155 Å². The van der Waals surface area contributed by atoms with E-state index in [0.29, 0.717) is 19.7 Å². The molecule has 1 aromatic rings. The molecule has 0 aliphatic carbocycles. The maximum atomic E-state index is 12.3. The Morgan fingerprint density at radius 2 is 1.73 bits per heavy atom. The third-order valence-electron chi connectivity index (χ3n) is 3.96. The van der Waals surface area contributed by atoms with Gasteiger partial charge in [0.1, 0.15) is 12.4 Å². The number of piperazine rings is 1. The van der Waals surface area contributed by atoms with Crippen LogP contribution < -0.4 is 9.46 Å². The van der Waals surface area contributed by atoms with E-state index in [-0.39, 0.29) is 26.2 Å². The Bertz CT molecular complexity index is 695. The van der Waals surface area contributed by atoms with Crippen LogP contribution in [0, 0.1) is 13.8 Å². The van der Waals surface area contributed by atoms with Crippen molar-refractivity contribution in [2.75, 3.05) is 45.9 Å². The summed E-state index contributed by atoms with van der Waals surface area (Å²) in [6.07, 6.45) is -0.403. The number of hydrogen-bond acceptors (Lipinski definition) is 5. The summed E-state index contributed by atoms with van der Waals surface area (Å²) in [5.74, 6) is 0.727. The van der Waals surface area contributed by atoms with Gasteiger partial charge in [-0.15, -0.1) is 0 Å². The van der Waals surface area contributed by atoms with Crippen molar-refractivity contribution < 1.29 is 22.7 Å². The Morgan fingerprint density at radius 3 is 2.31 bits per heavy atom. The number of hydrogen-bond donors (Lipinski definition) is 1. The summed E-state index contributed by atoms with van der Waals surface area (Å²) in [4.78, 5) is 13.2. The zero-order chi connectivity index (χ0) is 19.2. The van der Waals surface area contributed by atoms with Crippen molar-refractivity contribution in [3.05, 3.63) is 29.3 Å². The van der Waals surface area contributed by atoms with Gasteiger partial charge in [-0.25, -0.2) is 4.79 Å². The van der Waals surface area contributed by atoms with E-state index in [1.54, 1.807) is 6.92 Å². The zero-order valence-electron chi connectivity index (χ0n) is 15.5. The van der Waals surface area contributed by atoms with Crippen LogP contribution >= 0.6 is 0 Å². The fraction of sp³-hybridized carbons (Fsp3) is 0.588. The standard InChI is InChI=1S/C17H27N3O5S/c1-4-24-17(21)19-6-8-20(9-7-19)26(22,23)18-5-10-25-16-12-14(2)11-15(3)13-16/h11-13,18H,4-10H2,1-3H3. The molecule has 0 unspecified atom stereocenters. The molecule has 1 heterocycles. The predicted molar refractivity (Wildman–Crippen MR) is 98.5 cm³/mol. The maximum Gasteiger partial charge on any atom is 0.409 e. The van der Waals surface area contributed by atoms with Crippen molar-refractivity contribution in [1.82, 2.24) is 13.9 Å². The molecule has 1 saturated heterocycles. The van der Waals surface area contributed by atoms with E-state index in [4.69, 9.17) is 9.47 Å². The summed E-state index contributed by atoms with van der Waals surface area (Å²) in [5, 5.41) is 0. The molecule has 1 aromatic carbocycles. The van der Waals surface area contributed by atoms with Gasteiger partial charge >= 0.3 is 6.09 Å².